The van der Waals surface area contributed by atoms with Crippen molar-refractivity contribution in [1.82, 2.24) is 9.97 Å². The lowest BCUT2D eigenvalue weighted by atomic mass is 10.1. The predicted molar refractivity (Wildman–Crippen MR) is 89.3 cm³/mol. The quantitative estimate of drug-likeness (QED) is 0.669. The molecule has 0 aliphatic rings. The van der Waals surface area contributed by atoms with Crippen LogP contribution in [0.4, 0.5) is 11.8 Å². The standard InChI is InChI=1S/C16H22N4O3/c1-3-4-5-11(9-21)18-14-12-7-6-10(15(22)23-2)8-13(12)19-16(17)20-14/h6-8,11,21H,3-5,9H2,1-2H3,(H3,17,18,19,20)/t11-/m1/s1. The molecule has 2 aromatic rings. The van der Waals surface area contributed by atoms with Crippen molar-refractivity contribution < 1.29 is 14.6 Å². The maximum atomic E-state index is 11.6. The number of carbonyl (C=O) groups excluding carboxylic acids is 1. The summed E-state index contributed by atoms with van der Waals surface area (Å²) in [7, 11) is 1.33. The summed E-state index contributed by atoms with van der Waals surface area (Å²) in [5, 5.41) is 13.5. The molecule has 0 radical (unpaired) electrons. The second-order valence-corrected chi connectivity index (χ2v) is 5.32. The molecule has 0 spiro atoms. The van der Waals surface area contributed by atoms with Gasteiger partial charge in [-0.15, -0.1) is 0 Å². The summed E-state index contributed by atoms with van der Waals surface area (Å²) in [4.78, 5) is 20.0. The topological polar surface area (TPSA) is 110 Å². The van der Waals surface area contributed by atoms with Crippen molar-refractivity contribution in [1.29, 1.82) is 0 Å². The van der Waals surface area contributed by atoms with Crippen molar-refractivity contribution >= 4 is 28.6 Å². The van der Waals surface area contributed by atoms with E-state index in [0.29, 0.717) is 16.9 Å². The fourth-order valence-electron chi connectivity index (χ4n) is 2.36. The lowest BCUT2D eigenvalue weighted by molar-refractivity contribution is 0.0601. The Hall–Kier alpha value is -2.41. The Morgan fingerprint density at radius 1 is 1.43 bits per heavy atom. The average Bonchev–Trinajstić information content (AvgIpc) is 2.56. The maximum absolute atomic E-state index is 11.6. The van der Waals surface area contributed by atoms with Gasteiger partial charge in [0.15, 0.2) is 0 Å². The van der Waals surface area contributed by atoms with E-state index in [-0.39, 0.29) is 18.6 Å². The second kappa shape index (κ2) is 7.73. The number of rotatable bonds is 7. The van der Waals surface area contributed by atoms with Gasteiger partial charge in [-0.25, -0.2) is 9.78 Å². The lowest BCUT2D eigenvalue weighted by Gasteiger charge is -2.18. The number of nitrogens with zero attached hydrogens (tertiary/aromatic N) is 2. The number of nitrogen functional groups attached to an aromatic ring is 1. The largest absolute Gasteiger partial charge is 0.465 e. The highest BCUT2D eigenvalue weighted by Gasteiger charge is 2.14. The van der Waals surface area contributed by atoms with E-state index in [9.17, 15) is 9.90 Å². The van der Waals surface area contributed by atoms with Crippen LogP contribution in [0.1, 0.15) is 36.5 Å². The van der Waals surface area contributed by atoms with Gasteiger partial charge in [-0.1, -0.05) is 19.8 Å². The first kappa shape index (κ1) is 17.0. The van der Waals surface area contributed by atoms with Gasteiger partial charge in [-0.2, -0.15) is 4.98 Å². The Balaban J connectivity index is 2.37. The van der Waals surface area contributed by atoms with E-state index in [0.717, 1.165) is 24.6 Å². The number of hydrogen-bond donors (Lipinski definition) is 3. The van der Waals surface area contributed by atoms with E-state index < -0.39 is 5.97 Å². The van der Waals surface area contributed by atoms with Gasteiger partial charge in [-0.05, 0) is 24.6 Å². The Bertz CT molecular complexity index is 690. The average molecular weight is 318 g/mol. The van der Waals surface area contributed by atoms with Crippen molar-refractivity contribution in [2.45, 2.75) is 32.2 Å². The van der Waals surface area contributed by atoms with Crippen molar-refractivity contribution in [3.05, 3.63) is 23.8 Å². The zero-order valence-corrected chi connectivity index (χ0v) is 13.4. The second-order valence-electron chi connectivity index (χ2n) is 5.32. The van der Waals surface area contributed by atoms with E-state index in [2.05, 4.69) is 22.2 Å². The molecule has 0 aliphatic heterocycles. The van der Waals surface area contributed by atoms with Crippen molar-refractivity contribution in [3.8, 4) is 0 Å². The number of esters is 1. The number of methoxy groups -OCH3 is 1. The zero-order chi connectivity index (χ0) is 16.8. The van der Waals surface area contributed by atoms with Gasteiger partial charge in [0.05, 0.1) is 30.8 Å². The normalized spacial score (nSPS) is 12.1. The summed E-state index contributed by atoms with van der Waals surface area (Å²) in [6.07, 6.45) is 2.88. The van der Waals surface area contributed by atoms with Crippen LogP contribution in [0.15, 0.2) is 18.2 Å². The number of anilines is 2. The third kappa shape index (κ3) is 4.07. The Labute approximate surface area is 134 Å². The smallest absolute Gasteiger partial charge is 0.337 e. The first-order valence-electron chi connectivity index (χ1n) is 7.62. The van der Waals surface area contributed by atoms with Gasteiger partial charge in [0.25, 0.3) is 0 Å². The molecule has 0 bridgehead atoms. The first-order chi connectivity index (χ1) is 11.1. The van der Waals surface area contributed by atoms with E-state index in [1.807, 2.05) is 0 Å². The third-order valence-electron chi connectivity index (χ3n) is 3.60. The van der Waals surface area contributed by atoms with Gasteiger partial charge in [0.1, 0.15) is 5.82 Å². The fourth-order valence-corrected chi connectivity index (χ4v) is 2.36. The molecular weight excluding hydrogens is 296 g/mol. The van der Waals surface area contributed by atoms with Gasteiger partial charge >= 0.3 is 5.97 Å². The van der Waals surface area contributed by atoms with Gasteiger partial charge in [0.2, 0.25) is 5.95 Å². The van der Waals surface area contributed by atoms with Gasteiger partial charge in [0, 0.05) is 5.39 Å². The highest BCUT2D eigenvalue weighted by atomic mass is 16.5. The van der Waals surface area contributed by atoms with Crippen LogP contribution in [0, 0.1) is 0 Å². The number of fused-ring (bicyclic) bond motifs is 1. The number of benzene rings is 1. The number of aliphatic hydroxyl groups is 1. The van der Waals surface area contributed by atoms with Crippen LogP contribution in [-0.4, -0.2) is 40.8 Å². The van der Waals surface area contributed by atoms with E-state index in [1.165, 1.54) is 7.11 Å². The SMILES string of the molecule is CCCC[C@H](CO)Nc1nc(N)nc2cc(C(=O)OC)ccc12. The molecule has 0 saturated carbocycles. The zero-order valence-electron chi connectivity index (χ0n) is 13.4. The van der Waals surface area contributed by atoms with Gasteiger partial charge < -0.3 is 20.9 Å². The van der Waals surface area contributed by atoms with Crippen LogP contribution >= 0.6 is 0 Å². The maximum Gasteiger partial charge on any atom is 0.337 e. The highest BCUT2D eigenvalue weighted by molar-refractivity contribution is 5.97. The van der Waals surface area contributed by atoms with Crippen LogP contribution in [0.2, 0.25) is 0 Å². The molecule has 1 aromatic heterocycles. The number of aliphatic hydroxyl groups excluding tert-OH is 1. The molecular formula is C16H22N4O3. The number of aromatic nitrogens is 2. The monoisotopic (exact) mass is 318 g/mol. The van der Waals surface area contributed by atoms with Crippen LogP contribution in [-0.2, 0) is 4.74 Å². The molecule has 0 amide bonds. The van der Waals surface area contributed by atoms with Crippen LogP contribution in [0.5, 0.6) is 0 Å². The minimum absolute atomic E-state index is 0.00560. The van der Waals surface area contributed by atoms with Crippen molar-refractivity contribution in [2.75, 3.05) is 24.8 Å². The molecule has 1 heterocycles. The molecule has 4 N–H and O–H groups in total. The molecule has 0 fully saturated rings. The summed E-state index contributed by atoms with van der Waals surface area (Å²) in [6.45, 7) is 2.10. The van der Waals surface area contributed by atoms with Crippen LogP contribution < -0.4 is 11.1 Å². The molecule has 7 nitrogen and oxygen atoms in total. The van der Waals surface area contributed by atoms with E-state index in [4.69, 9.17) is 10.5 Å². The number of hydrogen-bond acceptors (Lipinski definition) is 7. The summed E-state index contributed by atoms with van der Waals surface area (Å²) in [6, 6.07) is 4.91. The molecule has 0 saturated heterocycles. The minimum atomic E-state index is -0.435. The Morgan fingerprint density at radius 2 is 2.22 bits per heavy atom. The summed E-state index contributed by atoms with van der Waals surface area (Å²) in [5.74, 6) is 0.225. The van der Waals surface area contributed by atoms with Crippen LogP contribution in [0.3, 0.4) is 0 Å². The number of ether oxygens (including phenoxy) is 1. The predicted octanol–water partition coefficient (Wildman–Crippen LogP) is 1.96. The third-order valence-corrected chi connectivity index (χ3v) is 3.60. The molecule has 23 heavy (non-hydrogen) atoms. The molecule has 0 aliphatic carbocycles. The van der Waals surface area contributed by atoms with Gasteiger partial charge in [-0.3, -0.25) is 0 Å². The van der Waals surface area contributed by atoms with Crippen molar-refractivity contribution in [3.63, 3.8) is 0 Å². The molecule has 2 rings (SSSR count). The number of nitrogens with two attached hydrogens (primary N) is 1. The van der Waals surface area contributed by atoms with E-state index >= 15 is 0 Å². The minimum Gasteiger partial charge on any atom is -0.465 e. The number of unbranched alkanes of at least 4 members (excludes halogenated alkanes) is 1. The lowest BCUT2D eigenvalue weighted by Crippen LogP contribution is -2.24. The Morgan fingerprint density at radius 3 is 2.87 bits per heavy atom. The molecule has 7 heteroatoms. The van der Waals surface area contributed by atoms with Crippen LogP contribution in [0.25, 0.3) is 10.9 Å². The van der Waals surface area contributed by atoms with E-state index in [1.54, 1.807) is 18.2 Å². The highest BCUT2D eigenvalue weighted by Crippen LogP contribution is 2.24. The van der Waals surface area contributed by atoms with Crippen molar-refractivity contribution in [2.24, 2.45) is 0 Å². The summed E-state index contributed by atoms with van der Waals surface area (Å²) in [5.41, 5.74) is 6.71. The molecule has 1 aromatic carbocycles. The summed E-state index contributed by atoms with van der Waals surface area (Å²) < 4.78 is 4.71. The number of nitrogens with one attached hydrogen (secondary N) is 1. The first-order valence-corrected chi connectivity index (χ1v) is 7.62. The molecule has 0 unspecified atom stereocenters. The fraction of sp³-hybridized carbons (Fsp3) is 0.438. The molecule has 1 atom stereocenters. The summed E-state index contributed by atoms with van der Waals surface area (Å²) >= 11 is 0. The molecule has 124 valence electrons. The number of carbonyl (C=O) groups is 1. The Kier molecular flexibility index (Phi) is 5.70.